The standard InChI is InChI=1S/C14H20N2O4/c1-4-16(8-9(2)3)14(20)15-11-7-5-6-10(12(11)17)13(18)19/h5-7,9,17H,4,8H2,1-3H3,(H,15,20)(H,18,19). The maximum atomic E-state index is 12.1. The maximum absolute atomic E-state index is 12.1. The van der Waals surface area contributed by atoms with Crippen LogP contribution in [0.1, 0.15) is 31.1 Å². The monoisotopic (exact) mass is 280 g/mol. The summed E-state index contributed by atoms with van der Waals surface area (Å²) in [5.41, 5.74) is -0.146. The van der Waals surface area contributed by atoms with Crippen LogP contribution in [-0.4, -0.2) is 40.2 Å². The molecule has 1 aromatic carbocycles. The minimum atomic E-state index is -1.24. The summed E-state index contributed by atoms with van der Waals surface area (Å²) in [7, 11) is 0. The molecule has 0 atom stereocenters. The van der Waals surface area contributed by atoms with Crippen molar-refractivity contribution in [2.75, 3.05) is 18.4 Å². The molecule has 2 amide bonds. The van der Waals surface area contributed by atoms with Gasteiger partial charge in [0.25, 0.3) is 0 Å². The Morgan fingerprint density at radius 3 is 2.50 bits per heavy atom. The molecule has 6 nitrogen and oxygen atoms in total. The van der Waals surface area contributed by atoms with Gasteiger partial charge in [-0.15, -0.1) is 0 Å². The summed E-state index contributed by atoms with van der Waals surface area (Å²) in [6.45, 7) is 6.97. The van der Waals surface area contributed by atoms with E-state index in [2.05, 4.69) is 5.32 Å². The van der Waals surface area contributed by atoms with Gasteiger partial charge in [0, 0.05) is 13.1 Å². The fraction of sp³-hybridized carbons (Fsp3) is 0.429. The topological polar surface area (TPSA) is 89.9 Å². The van der Waals surface area contributed by atoms with Gasteiger partial charge in [0.05, 0.1) is 5.69 Å². The summed E-state index contributed by atoms with van der Waals surface area (Å²) < 4.78 is 0. The lowest BCUT2D eigenvalue weighted by Crippen LogP contribution is -2.37. The van der Waals surface area contributed by atoms with Crippen molar-refractivity contribution in [2.24, 2.45) is 5.92 Å². The molecule has 0 aromatic heterocycles. The van der Waals surface area contributed by atoms with Crippen molar-refractivity contribution in [3.63, 3.8) is 0 Å². The minimum absolute atomic E-state index is 0.0945. The second-order valence-electron chi connectivity index (χ2n) is 4.87. The van der Waals surface area contributed by atoms with E-state index in [1.54, 1.807) is 4.90 Å². The van der Waals surface area contributed by atoms with Crippen molar-refractivity contribution in [3.05, 3.63) is 23.8 Å². The molecular weight excluding hydrogens is 260 g/mol. The molecule has 0 aliphatic heterocycles. The molecule has 0 saturated carbocycles. The summed E-state index contributed by atoms with van der Waals surface area (Å²) in [4.78, 5) is 24.6. The van der Waals surface area contributed by atoms with Crippen molar-refractivity contribution in [2.45, 2.75) is 20.8 Å². The van der Waals surface area contributed by atoms with E-state index in [9.17, 15) is 14.7 Å². The lowest BCUT2D eigenvalue weighted by Gasteiger charge is -2.23. The Kier molecular flexibility index (Phi) is 5.37. The van der Waals surface area contributed by atoms with Crippen LogP contribution in [0.3, 0.4) is 0 Å². The maximum Gasteiger partial charge on any atom is 0.339 e. The first kappa shape index (κ1) is 15.8. The Morgan fingerprint density at radius 2 is 2.00 bits per heavy atom. The van der Waals surface area contributed by atoms with Gasteiger partial charge in [0.1, 0.15) is 5.56 Å². The molecule has 0 radical (unpaired) electrons. The number of urea groups is 1. The molecule has 0 aliphatic rings. The van der Waals surface area contributed by atoms with Crippen molar-refractivity contribution >= 4 is 17.7 Å². The quantitative estimate of drug-likeness (QED) is 0.723. The zero-order valence-electron chi connectivity index (χ0n) is 11.9. The highest BCUT2D eigenvalue weighted by Crippen LogP contribution is 2.27. The van der Waals surface area contributed by atoms with Gasteiger partial charge in [-0.1, -0.05) is 19.9 Å². The first-order chi connectivity index (χ1) is 9.36. The molecule has 0 saturated heterocycles. The number of carbonyl (C=O) groups excluding carboxylic acids is 1. The van der Waals surface area contributed by atoms with Crippen LogP contribution in [0.4, 0.5) is 10.5 Å². The van der Waals surface area contributed by atoms with Crippen LogP contribution in [-0.2, 0) is 0 Å². The van der Waals surface area contributed by atoms with Gasteiger partial charge < -0.3 is 20.4 Å². The van der Waals surface area contributed by atoms with E-state index in [1.807, 2.05) is 20.8 Å². The average Bonchev–Trinajstić information content (AvgIpc) is 2.37. The van der Waals surface area contributed by atoms with Crippen molar-refractivity contribution in [1.82, 2.24) is 4.90 Å². The lowest BCUT2D eigenvalue weighted by molar-refractivity contribution is 0.0693. The third-order valence-electron chi connectivity index (χ3n) is 2.76. The number of aromatic hydroxyl groups is 1. The molecule has 0 heterocycles. The van der Waals surface area contributed by atoms with Crippen LogP contribution >= 0.6 is 0 Å². The summed E-state index contributed by atoms with van der Waals surface area (Å²) in [5.74, 6) is -1.36. The Balaban J connectivity index is 2.90. The van der Waals surface area contributed by atoms with Gasteiger partial charge in [-0.25, -0.2) is 9.59 Å². The molecule has 0 aliphatic carbocycles. The van der Waals surface area contributed by atoms with E-state index < -0.39 is 11.7 Å². The molecule has 1 aromatic rings. The van der Waals surface area contributed by atoms with Crippen LogP contribution in [0.25, 0.3) is 0 Å². The van der Waals surface area contributed by atoms with E-state index in [1.165, 1.54) is 18.2 Å². The summed E-state index contributed by atoms with van der Waals surface area (Å²) in [6, 6.07) is 3.85. The number of rotatable bonds is 5. The number of para-hydroxylation sites is 1. The second kappa shape index (κ2) is 6.79. The van der Waals surface area contributed by atoms with Crippen molar-refractivity contribution in [1.29, 1.82) is 0 Å². The highest BCUT2D eigenvalue weighted by atomic mass is 16.4. The zero-order chi connectivity index (χ0) is 15.3. The molecule has 1 rings (SSSR count). The third kappa shape index (κ3) is 3.88. The van der Waals surface area contributed by atoms with Crippen LogP contribution in [0.5, 0.6) is 5.75 Å². The first-order valence-electron chi connectivity index (χ1n) is 6.48. The number of nitrogens with zero attached hydrogens (tertiary/aromatic N) is 1. The molecule has 3 N–H and O–H groups in total. The van der Waals surface area contributed by atoms with E-state index >= 15 is 0 Å². The van der Waals surface area contributed by atoms with E-state index in [0.29, 0.717) is 19.0 Å². The number of aromatic carboxylic acids is 1. The first-order valence-corrected chi connectivity index (χ1v) is 6.48. The number of carbonyl (C=O) groups is 2. The smallest absolute Gasteiger partial charge is 0.339 e. The van der Waals surface area contributed by atoms with Crippen molar-refractivity contribution in [3.8, 4) is 5.75 Å². The van der Waals surface area contributed by atoms with E-state index in [4.69, 9.17) is 5.11 Å². The van der Waals surface area contributed by atoms with Crippen LogP contribution in [0, 0.1) is 5.92 Å². The number of nitrogens with one attached hydrogen (secondary N) is 1. The minimum Gasteiger partial charge on any atom is -0.505 e. The summed E-state index contributed by atoms with van der Waals surface area (Å²) in [6.07, 6.45) is 0. The Hall–Kier alpha value is -2.24. The van der Waals surface area contributed by atoms with Crippen LogP contribution in [0.2, 0.25) is 0 Å². The molecular formula is C14H20N2O4. The van der Waals surface area contributed by atoms with E-state index in [-0.39, 0.29) is 17.3 Å². The normalized spacial score (nSPS) is 10.4. The van der Waals surface area contributed by atoms with Gasteiger partial charge >= 0.3 is 12.0 Å². The number of hydrogen-bond donors (Lipinski definition) is 3. The fourth-order valence-electron chi connectivity index (χ4n) is 1.81. The predicted octanol–water partition coefficient (Wildman–Crippen LogP) is 2.60. The summed E-state index contributed by atoms with van der Waals surface area (Å²) in [5, 5.41) is 21.3. The SMILES string of the molecule is CCN(CC(C)C)C(=O)Nc1cccc(C(=O)O)c1O. The Bertz CT molecular complexity index is 500. The fourth-order valence-corrected chi connectivity index (χ4v) is 1.81. The zero-order valence-corrected chi connectivity index (χ0v) is 11.9. The van der Waals surface area contributed by atoms with E-state index in [0.717, 1.165) is 0 Å². The molecule has 0 fully saturated rings. The average molecular weight is 280 g/mol. The largest absolute Gasteiger partial charge is 0.505 e. The Morgan fingerprint density at radius 1 is 1.35 bits per heavy atom. The highest BCUT2D eigenvalue weighted by Gasteiger charge is 2.17. The van der Waals surface area contributed by atoms with Gasteiger partial charge in [-0.2, -0.15) is 0 Å². The molecule has 0 spiro atoms. The van der Waals surface area contributed by atoms with Crippen LogP contribution in [0.15, 0.2) is 18.2 Å². The number of hydrogen-bond acceptors (Lipinski definition) is 3. The predicted molar refractivity (Wildman–Crippen MR) is 76.2 cm³/mol. The number of anilines is 1. The number of phenols is 1. The number of carboxylic acids is 1. The molecule has 0 unspecified atom stereocenters. The van der Waals surface area contributed by atoms with Crippen LogP contribution < -0.4 is 5.32 Å². The number of carboxylic acid groups (broad SMARTS) is 1. The van der Waals surface area contributed by atoms with Gasteiger partial charge in [0.15, 0.2) is 5.75 Å². The summed E-state index contributed by atoms with van der Waals surface area (Å²) >= 11 is 0. The van der Waals surface area contributed by atoms with Gasteiger partial charge in [-0.05, 0) is 25.0 Å². The molecule has 0 bridgehead atoms. The molecule has 20 heavy (non-hydrogen) atoms. The molecule has 110 valence electrons. The third-order valence-corrected chi connectivity index (χ3v) is 2.76. The highest BCUT2D eigenvalue weighted by molar-refractivity contribution is 5.97. The Labute approximate surface area is 118 Å². The van der Waals surface area contributed by atoms with Gasteiger partial charge in [0.2, 0.25) is 0 Å². The number of benzene rings is 1. The lowest BCUT2D eigenvalue weighted by atomic mass is 10.1. The van der Waals surface area contributed by atoms with Crippen molar-refractivity contribution < 1.29 is 19.8 Å². The van der Waals surface area contributed by atoms with Gasteiger partial charge in [-0.3, -0.25) is 0 Å². The second-order valence-corrected chi connectivity index (χ2v) is 4.87. The number of amides is 2. The molecule has 6 heteroatoms.